The third-order valence-corrected chi connectivity index (χ3v) is 3.91. The Labute approximate surface area is 156 Å². The second-order valence-electron chi connectivity index (χ2n) is 5.28. The lowest BCUT2D eigenvalue weighted by Gasteiger charge is -2.09. The summed E-state index contributed by atoms with van der Waals surface area (Å²) in [6.07, 6.45) is 0.837. The molecule has 2 aromatic rings. The molecule has 0 spiro atoms. The van der Waals surface area contributed by atoms with Gasteiger partial charge in [-0.3, -0.25) is 9.59 Å². The van der Waals surface area contributed by atoms with Gasteiger partial charge in [0.15, 0.2) is 5.78 Å². The molecule has 0 aliphatic heterocycles. The third kappa shape index (κ3) is 6.05. The van der Waals surface area contributed by atoms with Crippen molar-refractivity contribution >= 4 is 40.6 Å². The first-order chi connectivity index (χ1) is 12.0. The fourth-order valence-corrected chi connectivity index (χ4v) is 2.55. The number of rotatable bonds is 8. The van der Waals surface area contributed by atoms with Crippen LogP contribution >= 0.6 is 23.2 Å². The number of hydrogen-bond acceptors (Lipinski definition) is 4. The number of carbonyl (C=O) groups excluding carboxylic acids is 2. The van der Waals surface area contributed by atoms with Crippen molar-refractivity contribution in [2.75, 3.05) is 18.5 Å². The molecule has 0 radical (unpaired) electrons. The van der Waals surface area contributed by atoms with Crippen molar-refractivity contribution in [3.05, 3.63) is 58.1 Å². The number of hydrogen-bond donors (Lipinski definition) is 2. The van der Waals surface area contributed by atoms with Gasteiger partial charge in [0.25, 0.3) is 0 Å². The van der Waals surface area contributed by atoms with E-state index in [0.29, 0.717) is 46.5 Å². The maximum atomic E-state index is 11.9. The van der Waals surface area contributed by atoms with Crippen molar-refractivity contribution < 1.29 is 14.3 Å². The van der Waals surface area contributed by atoms with Gasteiger partial charge in [-0.25, -0.2) is 0 Å². The molecular weight excluding hydrogens is 363 g/mol. The minimum atomic E-state index is -0.143. The van der Waals surface area contributed by atoms with Gasteiger partial charge in [-0.15, -0.1) is 0 Å². The Morgan fingerprint density at radius 2 is 1.80 bits per heavy atom. The highest BCUT2D eigenvalue weighted by molar-refractivity contribution is 6.35. The van der Waals surface area contributed by atoms with Crippen LogP contribution in [0.3, 0.4) is 0 Å². The Bertz CT molecular complexity index is 748. The first-order valence-electron chi connectivity index (χ1n) is 7.70. The molecule has 132 valence electrons. The number of halogens is 2. The molecule has 25 heavy (non-hydrogen) atoms. The summed E-state index contributed by atoms with van der Waals surface area (Å²) in [6.45, 7) is 0.321. The van der Waals surface area contributed by atoms with E-state index in [4.69, 9.17) is 33.7 Å². The summed E-state index contributed by atoms with van der Waals surface area (Å²) in [7, 11) is 0. The molecule has 0 atom stereocenters. The van der Waals surface area contributed by atoms with Crippen LogP contribution in [0.15, 0.2) is 42.5 Å². The zero-order valence-electron chi connectivity index (χ0n) is 13.4. The Kier molecular flexibility index (Phi) is 7.25. The molecule has 2 rings (SSSR count). The molecule has 0 bridgehead atoms. The van der Waals surface area contributed by atoms with E-state index in [1.54, 1.807) is 42.5 Å². The van der Waals surface area contributed by atoms with Crippen LogP contribution in [0, 0.1) is 0 Å². The van der Waals surface area contributed by atoms with Gasteiger partial charge < -0.3 is 15.8 Å². The van der Waals surface area contributed by atoms with Crippen LogP contribution in [0.5, 0.6) is 5.75 Å². The number of benzene rings is 2. The van der Waals surface area contributed by atoms with Crippen LogP contribution < -0.4 is 15.8 Å². The summed E-state index contributed by atoms with van der Waals surface area (Å²) in [5.41, 5.74) is 6.45. The summed E-state index contributed by atoms with van der Waals surface area (Å²) in [4.78, 5) is 23.4. The summed E-state index contributed by atoms with van der Waals surface area (Å²) in [5.74, 6) is 0.256. The average molecular weight is 381 g/mol. The first kappa shape index (κ1) is 19.2. The van der Waals surface area contributed by atoms with E-state index in [9.17, 15) is 9.59 Å². The van der Waals surface area contributed by atoms with Crippen molar-refractivity contribution in [3.8, 4) is 5.75 Å². The number of ketones is 1. The molecule has 1 amide bonds. The van der Waals surface area contributed by atoms with Crippen molar-refractivity contribution in [1.29, 1.82) is 0 Å². The lowest BCUT2D eigenvalue weighted by molar-refractivity contribution is -0.116. The second kappa shape index (κ2) is 9.42. The van der Waals surface area contributed by atoms with Gasteiger partial charge in [0.1, 0.15) is 5.75 Å². The summed E-state index contributed by atoms with van der Waals surface area (Å²) in [6, 6.07) is 11.6. The number of ether oxygens (including phenoxy) is 1. The van der Waals surface area contributed by atoms with E-state index in [1.165, 1.54) is 0 Å². The monoisotopic (exact) mass is 380 g/mol. The summed E-state index contributed by atoms with van der Waals surface area (Å²) in [5, 5.41) is 3.74. The highest BCUT2D eigenvalue weighted by atomic mass is 35.5. The van der Waals surface area contributed by atoms with Crippen LogP contribution in [0.25, 0.3) is 0 Å². The molecule has 0 aliphatic carbocycles. The largest absolute Gasteiger partial charge is 0.492 e. The molecule has 7 heteroatoms. The average Bonchev–Trinajstić information content (AvgIpc) is 2.60. The number of nitrogens with one attached hydrogen (secondary N) is 1. The zero-order chi connectivity index (χ0) is 18.2. The van der Waals surface area contributed by atoms with E-state index in [1.807, 2.05) is 0 Å². The molecular formula is C18H18Cl2N2O3. The Morgan fingerprint density at radius 1 is 1.08 bits per heavy atom. The molecule has 5 nitrogen and oxygen atoms in total. The van der Waals surface area contributed by atoms with Gasteiger partial charge in [-0.05, 0) is 48.9 Å². The van der Waals surface area contributed by atoms with Gasteiger partial charge in [0, 0.05) is 22.7 Å². The van der Waals surface area contributed by atoms with E-state index in [0.717, 1.165) is 0 Å². The first-order valence-corrected chi connectivity index (χ1v) is 8.46. The molecule has 0 unspecified atom stereocenters. The van der Waals surface area contributed by atoms with Crippen LogP contribution in [0.1, 0.15) is 23.2 Å². The van der Waals surface area contributed by atoms with Crippen LogP contribution in [-0.2, 0) is 4.79 Å². The highest BCUT2D eigenvalue weighted by Crippen LogP contribution is 2.27. The van der Waals surface area contributed by atoms with E-state index in [2.05, 4.69) is 5.32 Å². The number of carbonyl (C=O) groups is 2. The van der Waals surface area contributed by atoms with Gasteiger partial charge in [-0.1, -0.05) is 23.2 Å². The van der Waals surface area contributed by atoms with Gasteiger partial charge in [-0.2, -0.15) is 0 Å². The molecule has 0 heterocycles. The molecule has 0 fully saturated rings. The van der Waals surface area contributed by atoms with E-state index in [-0.39, 0.29) is 18.2 Å². The minimum absolute atomic E-state index is 0.0384. The van der Waals surface area contributed by atoms with E-state index >= 15 is 0 Å². The fraction of sp³-hybridized carbons (Fsp3) is 0.222. The molecule has 0 saturated carbocycles. The molecule has 2 aromatic carbocycles. The summed E-state index contributed by atoms with van der Waals surface area (Å²) >= 11 is 11.8. The van der Waals surface area contributed by atoms with Crippen LogP contribution in [0.2, 0.25) is 10.0 Å². The molecule has 3 N–H and O–H groups in total. The number of nitrogens with two attached hydrogens (primary N) is 1. The SMILES string of the molecule is NCC(=O)c1ccc(NC(=O)CCCOc2ccc(Cl)cc2Cl)cc1. The van der Waals surface area contributed by atoms with Crippen LogP contribution in [-0.4, -0.2) is 24.8 Å². The second-order valence-corrected chi connectivity index (χ2v) is 6.12. The maximum Gasteiger partial charge on any atom is 0.224 e. The number of anilines is 1. The number of Topliss-reactive ketones (excluding diaryl/α,β-unsaturated/α-hetero) is 1. The molecule has 0 aromatic heterocycles. The van der Waals surface area contributed by atoms with Crippen molar-refractivity contribution in [3.63, 3.8) is 0 Å². The molecule has 0 saturated heterocycles. The Morgan fingerprint density at radius 3 is 2.44 bits per heavy atom. The van der Waals surface area contributed by atoms with Crippen molar-refractivity contribution in [2.24, 2.45) is 5.73 Å². The topological polar surface area (TPSA) is 81.4 Å². The normalized spacial score (nSPS) is 10.4. The quantitative estimate of drug-likeness (QED) is 0.536. The van der Waals surface area contributed by atoms with Gasteiger partial charge >= 0.3 is 0 Å². The van der Waals surface area contributed by atoms with Gasteiger partial charge in [0.2, 0.25) is 5.91 Å². The highest BCUT2D eigenvalue weighted by Gasteiger charge is 2.06. The summed E-state index contributed by atoms with van der Waals surface area (Å²) < 4.78 is 5.53. The zero-order valence-corrected chi connectivity index (χ0v) is 14.9. The molecule has 0 aliphatic rings. The van der Waals surface area contributed by atoms with Crippen molar-refractivity contribution in [2.45, 2.75) is 12.8 Å². The van der Waals surface area contributed by atoms with Crippen LogP contribution in [0.4, 0.5) is 5.69 Å². The van der Waals surface area contributed by atoms with Crippen molar-refractivity contribution in [1.82, 2.24) is 0 Å². The standard InChI is InChI=1S/C18H18Cl2N2O3/c19-13-5-8-17(15(20)10-13)25-9-1-2-18(24)22-14-6-3-12(4-7-14)16(23)11-21/h3-8,10H,1-2,9,11,21H2,(H,22,24). The smallest absolute Gasteiger partial charge is 0.224 e. The van der Waals surface area contributed by atoms with E-state index < -0.39 is 0 Å². The fourth-order valence-electron chi connectivity index (χ4n) is 2.09. The predicted octanol–water partition coefficient (Wildman–Crippen LogP) is 3.93. The Hall–Kier alpha value is -2.08. The lowest BCUT2D eigenvalue weighted by atomic mass is 10.1. The minimum Gasteiger partial charge on any atom is -0.492 e. The maximum absolute atomic E-state index is 11.9. The number of amides is 1. The predicted molar refractivity (Wildman–Crippen MR) is 99.6 cm³/mol. The van der Waals surface area contributed by atoms with Gasteiger partial charge in [0.05, 0.1) is 18.2 Å². The lowest BCUT2D eigenvalue weighted by Crippen LogP contribution is -2.14. The Balaban J connectivity index is 1.74. The third-order valence-electron chi connectivity index (χ3n) is 3.38.